The third-order valence-corrected chi connectivity index (χ3v) is 5.32. The van der Waals surface area contributed by atoms with Gasteiger partial charge in [0.1, 0.15) is 5.65 Å². The zero-order valence-electron chi connectivity index (χ0n) is 14.1. The number of fused-ring (bicyclic) bond motifs is 1. The number of hydrogen-bond donors (Lipinski definition) is 2. The monoisotopic (exact) mass is 324 g/mol. The fourth-order valence-electron chi connectivity index (χ4n) is 3.79. The summed E-state index contributed by atoms with van der Waals surface area (Å²) in [5.41, 5.74) is 3.46. The molecule has 24 heavy (non-hydrogen) atoms. The molecule has 0 aromatic carbocycles. The Hall–Kier alpha value is -2.30. The van der Waals surface area contributed by atoms with Crippen molar-refractivity contribution in [3.63, 3.8) is 0 Å². The lowest BCUT2D eigenvalue weighted by Gasteiger charge is -2.38. The van der Waals surface area contributed by atoms with E-state index in [0.29, 0.717) is 5.92 Å². The highest BCUT2D eigenvalue weighted by Crippen LogP contribution is 2.44. The first-order valence-corrected chi connectivity index (χ1v) is 8.83. The van der Waals surface area contributed by atoms with Crippen molar-refractivity contribution < 1.29 is 4.79 Å². The van der Waals surface area contributed by atoms with E-state index >= 15 is 0 Å². The molecule has 5 heteroatoms. The quantitative estimate of drug-likeness (QED) is 0.847. The Bertz CT molecular complexity index is 777. The zero-order chi connectivity index (χ0) is 16.7. The second-order valence-corrected chi connectivity index (χ2v) is 7.06. The molecular weight excluding hydrogens is 300 g/mol. The summed E-state index contributed by atoms with van der Waals surface area (Å²) in [6.45, 7) is 6.46. The van der Waals surface area contributed by atoms with E-state index in [4.69, 9.17) is 0 Å². The molecule has 5 nitrogen and oxygen atoms in total. The minimum Gasteiger partial charge on any atom is -0.380 e. The van der Waals surface area contributed by atoms with Crippen molar-refractivity contribution in [2.75, 3.05) is 11.9 Å². The molecule has 1 aliphatic carbocycles. The molecule has 1 saturated carbocycles. The van der Waals surface area contributed by atoms with Gasteiger partial charge >= 0.3 is 0 Å². The fourth-order valence-corrected chi connectivity index (χ4v) is 3.79. The normalized spacial score (nSPS) is 24.1. The molecule has 1 amide bonds. The molecule has 2 atom stereocenters. The van der Waals surface area contributed by atoms with Gasteiger partial charge in [0.05, 0.1) is 0 Å². The summed E-state index contributed by atoms with van der Waals surface area (Å²) in [4.78, 5) is 21.7. The van der Waals surface area contributed by atoms with Crippen molar-refractivity contribution in [2.45, 2.75) is 50.6 Å². The number of likely N-dealkylation sites (tertiary alicyclic amines) is 1. The molecule has 1 aliphatic heterocycles. The number of aromatic amines is 1. The average Bonchev–Trinajstić information content (AvgIpc) is 3.35. The molecule has 126 valence electrons. The molecule has 0 radical (unpaired) electrons. The lowest BCUT2D eigenvalue weighted by Crippen LogP contribution is -2.49. The molecule has 2 fully saturated rings. The summed E-state index contributed by atoms with van der Waals surface area (Å²) in [5.74, 6) is 0.697. The van der Waals surface area contributed by atoms with E-state index in [1.165, 1.54) is 29.9 Å². The van der Waals surface area contributed by atoms with Gasteiger partial charge in [0.25, 0.3) is 0 Å². The largest absolute Gasteiger partial charge is 0.380 e. The van der Waals surface area contributed by atoms with Crippen molar-refractivity contribution in [3.8, 4) is 0 Å². The maximum Gasteiger partial charge on any atom is 0.246 e. The van der Waals surface area contributed by atoms with Crippen LogP contribution in [0.15, 0.2) is 31.1 Å². The van der Waals surface area contributed by atoms with Gasteiger partial charge in [-0.25, -0.2) is 4.98 Å². The third kappa shape index (κ3) is 2.68. The summed E-state index contributed by atoms with van der Waals surface area (Å²) >= 11 is 0. The number of H-pyrrole nitrogens is 1. The smallest absolute Gasteiger partial charge is 0.246 e. The number of anilines is 1. The SMILES string of the molecule is C=CC(=O)N1CC(Nc2ccnc3[nH]cc(C4CC4)c23)CCC1C. The van der Waals surface area contributed by atoms with Crippen LogP contribution in [-0.4, -0.2) is 39.4 Å². The van der Waals surface area contributed by atoms with Crippen LogP contribution >= 0.6 is 0 Å². The molecule has 2 aliphatic rings. The van der Waals surface area contributed by atoms with E-state index in [9.17, 15) is 4.79 Å². The summed E-state index contributed by atoms with van der Waals surface area (Å²) in [7, 11) is 0. The summed E-state index contributed by atoms with van der Waals surface area (Å²) in [5, 5.41) is 4.90. The predicted octanol–water partition coefficient (Wildman–Crippen LogP) is 3.42. The lowest BCUT2D eigenvalue weighted by molar-refractivity contribution is -0.129. The Morgan fingerprint density at radius 2 is 2.25 bits per heavy atom. The van der Waals surface area contributed by atoms with Gasteiger partial charge < -0.3 is 15.2 Å². The van der Waals surface area contributed by atoms with Gasteiger partial charge in [-0.3, -0.25) is 4.79 Å². The van der Waals surface area contributed by atoms with Crippen LogP contribution in [0.2, 0.25) is 0 Å². The summed E-state index contributed by atoms with van der Waals surface area (Å²) < 4.78 is 0. The van der Waals surface area contributed by atoms with Crippen LogP contribution in [0, 0.1) is 0 Å². The number of nitrogens with zero attached hydrogens (tertiary/aromatic N) is 2. The van der Waals surface area contributed by atoms with Crippen molar-refractivity contribution in [3.05, 3.63) is 36.7 Å². The molecule has 0 bridgehead atoms. The van der Waals surface area contributed by atoms with Crippen LogP contribution in [0.4, 0.5) is 5.69 Å². The minimum atomic E-state index is 0.0224. The van der Waals surface area contributed by atoms with Gasteiger partial charge in [-0.15, -0.1) is 0 Å². The van der Waals surface area contributed by atoms with E-state index in [2.05, 4.69) is 41.1 Å². The van der Waals surface area contributed by atoms with Crippen LogP contribution in [0.5, 0.6) is 0 Å². The van der Waals surface area contributed by atoms with E-state index in [-0.39, 0.29) is 18.0 Å². The standard InChI is InChI=1S/C19H24N4O/c1-3-17(24)23-11-14(7-4-12(23)2)22-16-8-9-20-19-18(16)15(10-21-19)13-5-6-13/h3,8-10,12-14H,1,4-7,11H2,2H3,(H2,20,21,22). The zero-order valence-corrected chi connectivity index (χ0v) is 14.1. The van der Waals surface area contributed by atoms with Gasteiger partial charge in [0.2, 0.25) is 5.91 Å². The van der Waals surface area contributed by atoms with Gasteiger partial charge in [-0.1, -0.05) is 6.58 Å². The number of rotatable bonds is 4. The Kier molecular flexibility index (Phi) is 3.79. The minimum absolute atomic E-state index is 0.0224. The first-order valence-electron chi connectivity index (χ1n) is 8.83. The molecule has 3 heterocycles. The number of amides is 1. The number of nitrogens with one attached hydrogen (secondary N) is 2. The van der Waals surface area contributed by atoms with Gasteiger partial charge in [-0.05, 0) is 56.2 Å². The Labute approximate surface area is 142 Å². The average molecular weight is 324 g/mol. The maximum atomic E-state index is 12.1. The Balaban J connectivity index is 1.59. The fraction of sp³-hybridized carbons (Fsp3) is 0.474. The first kappa shape index (κ1) is 15.2. The molecule has 2 aromatic rings. The number of hydrogen-bond acceptors (Lipinski definition) is 3. The van der Waals surface area contributed by atoms with Crippen molar-refractivity contribution in [1.29, 1.82) is 0 Å². The highest BCUT2D eigenvalue weighted by Gasteiger charge is 2.30. The molecule has 2 aromatic heterocycles. The Morgan fingerprint density at radius 3 is 3.00 bits per heavy atom. The van der Waals surface area contributed by atoms with E-state index in [1.807, 2.05) is 11.1 Å². The van der Waals surface area contributed by atoms with E-state index in [1.54, 1.807) is 0 Å². The van der Waals surface area contributed by atoms with Gasteiger partial charge in [-0.2, -0.15) is 0 Å². The first-order chi connectivity index (χ1) is 11.7. The van der Waals surface area contributed by atoms with Crippen molar-refractivity contribution >= 4 is 22.6 Å². The highest BCUT2D eigenvalue weighted by molar-refractivity contribution is 5.93. The summed E-state index contributed by atoms with van der Waals surface area (Å²) in [6, 6.07) is 2.60. The highest BCUT2D eigenvalue weighted by atomic mass is 16.2. The second-order valence-electron chi connectivity index (χ2n) is 7.06. The number of carbonyl (C=O) groups is 1. The van der Waals surface area contributed by atoms with Crippen LogP contribution in [0.3, 0.4) is 0 Å². The maximum absolute atomic E-state index is 12.1. The molecular formula is C19H24N4O. The van der Waals surface area contributed by atoms with Crippen LogP contribution < -0.4 is 5.32 Å². The van der Waals surface area contributed by atoms with E-state index in [0.717, 1.165) is 30.7 Å². The van der Waals surface area contributed by atoms with Gasteiger partial charge in [0.15, 0.2) is 0 Å². The number of aromatic nitrogens is 2. The molecule has 2 unspecified atom stereocenters. The second kappa shape index (κ2) is 5.96. The number of pyridine rings is 1. The van der Waals surface area contributed by atoms with Gasteiger partial charge in [0, 0.05) is 42.1 Å². The van der Waals surface area contributed by atoms with Crippen LogP contribution in [0.1, 0.15) is 44.1 Å². The molecule has 4 rings (SSSR count). The third-order valence-electron chi connectivity index (χ3n) is 5.32. The van der Waals surface area contributed by atoms with Crippen LogP contribution in [0.25, 0.3) is 11.0 Å². The lowest BCUT2D eigenvalue weighted by atomic mass is 9.98. The molecule has 0 spiro atoms. The summed E-state index contributed by atoms with van der Waals surface area (Å²) in [6.07, 6.45) is 9.98. The predicted molar refractivity (Wildman–Crippen MR) is 96.1 cm³/mol. The molecule has 1 saturated heterocycles. The van der Waals surface area contributed by atoms with E-state index < -0.39 is 0 Å². The van der Waals surface area contributed by atoms with Crippen molar-refractivity contribution in [1.82, 2.24) is 14.9 Å². The van der Waals surface area contributed by atoms with Crippen molar-refractivity contribution in [2.24, 2.45) is 0 Å². The molecule has 2 N–H and O–H groups in total. The Morgan fingerprint density at radius 1 is 1.42 bits per heavy atom. The number of carbonyl (C=O) groups excluding carboxylic acids is 1. The van der Waals surface area contributed by atoms with Crippen LogP contribution in [-0.2, 0) is 4.79 Å². The number of piperidine rings is 1. The topological polar surface area (TPSA) is 61.0 Å².